The van der Waals surface area contributed by atoms with Gasteiger partial charge in [-0.15, -0.1) is 0 Å². The van der Waals surface area contributed by atoms with E-state index in [4.69, 9.17) is 10.5 Å². The van der Waals surface area contributed by atoms with E-state index in [0.717, 1.165) is 55.6 Å². The number of piperidine rings is 1. The predicted molar refractivity (Wildman–Crippen MR) is 138 cm³/mol. The maximum atomic E-state index is 13.1. The normalized spacial score (nSPS) is 23.9. The second-order valence-corrected chi connectivity index (χ2v) is 10.8. The number of nitrogens with two attached hydrogens (primary N) is 1. The van der Waals surface area contributed by atoms with Crippen LogP contribution in [0.5, 0.6) is 11.5 Å². The van der Waals surface area contributed by atoms with Crippen molar-refractivity contribution in [2.45, 2.75) is 65.0 Å². The number of benzene rings is 2. The molecule has 3 fully saturated rings. The number of hydrogen-bond acceptors (Lipinski definition) is 4. The molecule has 3 aliphatic rings. The van der Waals surface area contributed by atoms with E-state index in [1.165, 1.54) is 0 Å². The number of nitrogens with one attached hydrogen (secondary N) is 2. The summed E-state index contributed by atoms with van der Waals surface area (Å²) in [5.74, 6) is 1.44. The number of amides is 3. The lowest BCUT2D eigenvalue weighted by atomic mass is 9.79. The van der Waals surface area contributed by atoms with Crippen LogP contribution in [0.15, 0.2) is 36.4 Å². The van der Waals surface area contributed by atoms with Crippen molar-refractivity contribution in [1.82, 2.24) is 15.5 Å². The number of rotatable bonds is 6. The Morgan fingerprint density at radius 3 is 2.31 bits per heavy atom. The van der Waals surface area contributed by atoms with Crippen molar-refractivity contribution in [2.24, 2.45) is 11.7 Å². The summed E-state index contributed by atoms with van der Waals surface area (Å²) in [6.45, 7) is 13.3. The number of hydrogen-bond donors (Lipinski definition) is 3. The van der Waals surface area contributed by atoms with Crippen LogP contribution in [0.2, 0.25) is 0 Å². The monoisotopic (exact) mass is 478 g/mol. The number of urea groups is 1. The highest BCUT2D eigenvalue weighted by Gasteiger charge is 2.41. The molecule has 7 nitrogen and oxygen atoms in total. The van der Waals surface area contributed by atoms with Crippen molar-refractivity contribution in [1.29, 1.82) is 0 Å². The Morgan fingerprint density at radius 1 is 1.03 bits per heavy atom. The maximum Gasteiger partial charge on any atom is 0.315 e. The highest BCUT2D eigenvalue weighted by molar-refractivity contribution is 5.94. The molecule has 0 spiro atoms. The zero-order chi connectivity index (χ0) is 25.4. The van der Waals surface area contributed by atoms with Crippen molar-refractivity contribution < 1.29 is 14.3 Å². The lowest BCUT2D eigenvalue weighted by Crippen LogP contribution is -2.57. The maximum absolute atomic E-state index is 13.1. The molecule has 35 heavy (non-hydrogen) atoms. The van der Waals surface area contributed by atoms with Crippen LogP contribution >= 0.6 is 0 Å². The van der Waals surface area contributed by atoms with Crippen LogP contribution in [-0.4, -0.2) is 42.0 Å². The summed E-state index contributed by atoms with van der Waals surface area (Å²) < 4.78 is 6.07. The molecule has 3 saturated heterocycles. The fraction of sp³-hybridized carbons (Fsp3) is 0.500. The first-order valence-electron chi connectivity index (χ1n) is 12.5. The zero-order valence-corrected chi connectivity index (χ0v) is 21.5. The predicted octanol–water partition coefficient (Wildman–Crippen LogP) is 4.60. The van der Waals surface area contributed by atoms with Crippen molar-refractivity contribution in [3.05, 3.63) is 58.7 Å². The molecule has 2 bridgehead atoms. The highest BCUT2D eigenvalue weighted by atomic mass is 16.5. The van der Waals surface area contributed by atoms with Gasteiger partial charge in [-0.05, 0) is 114 Å². The van der Waals surface area contributed by atoms with Crippen molar-refractivity contribution in [2.75, 3.05) is 19.6 Å². The number of ether oxygens (including phenoxy) is 1. The summed E-state index contributed by atoms with van der Waals surface area (Å²) >= 11 is 0. The molecule has 5 rings (SSSR count). The standard InChI is InChI=1S/C28H38N4O3/c1-18-19(2)24(11-10-23(18)25(29)33)35-22-8-6-20(7-9-22)27(3,4)30-26(34)31-28(5)14-17-32-15-12-21(28)13-16-32/h6-11,21H,12-17H2,1-5H3,(H2,29,33)(H2,30,31,34). The molecule has 3 amide bonds. The second kappa shape index (κ2) is 9.53. The Hall–Kier alpha value is -3.06. The third kappa shape index (κ3) is 5.30. The topological polar surface area (TPSA) is 96.7 Å². The van der Waals surface area contributed by atoms with E-state index < -0.39 is 11.4 Å². The Morgan fingerprint density at radius 2 is 1.69 bits per heavy atom. The quantitative estimate of drug-likeness (QED) is 0.565. The minimum Gasteiger partial charge on any atom is -0.457 e. The van der Waals surface area contributed by atoms with E-state index in [2.05, 4.69) is 22.5 Å². The van der Waals surface area contributed by atoms with E-state index in [-0.39, 0.29) is 11.6 Å². The van der Waals surface area contributed by atoms with E-state index in [1.807, 2.05) is 52.0 Å². The first-order chi connectivity index (χ1) is 16.5. The van der Waals surface area contributed by atoms with Crippen molar-refractivity contribution in [3.63, 3.8) is 0 Å². The average molecular weight is 479 g/mol. The number of nitrogens with zero attached hydrogens (tertiary/aromatic N) is 1. The van der Waals surface area contributed by atoms with Crippen LogP contribution in [-0.2, 0) is 5.54 Å². The van der Waals surface area contributed by atoms with Gasteiger partial charge in [0.15, 0.2) is 0 Å². The Bertz CT molecular complexity index is 1100. The van der Waals surface area contributed by atoms with Gasteiger partial charge in [-0.2, -0.15) is 0 Å². The van der Waals surface area contributed by atoms with Crippen LogP contribution in [0.4, 0.5) is 4.79 Å². The summed E-state index contributed by atoms with van der Waals surface area (Å²) in [5, 5.41) is 6.50. The third-order valence-corrected chi connectivity index (χ3v) is 8.07. The largest absolute Gasteiger partial charge is 0.457 e. The van der Waals surface area contributed by atoms with Gasteiger partial charge in [0, 0.05) is 17.6 Å². The molecule has 0 saturated carbocycles. The SMILES string of the molecule is Cc1c(Oc2ccc(C(C)(C)NC(=O)NC3(C)CCN4CCC3CC4)cc2)ccc(C(N)=O)c1C. The smallest absolute Gasteiger partial charge is 0.315 e. The first-order valence-corrected chi connectivity index (χ1v) is 12.5. The molecular formula is C28H38N4O3. The van der Waals surface area contributed by atoms with E-state index in [0.29, 0.717) is 23.0 Å². The van der Waals surface area contributed by atoms with Crippen LogP contribution in [0, 0.1) is 19.8 Å². The fourth-order valence-corrected chi connectivity index (χ4v) is 5.44. The van der Waals surface area contributed by atoms with E-state index in [9.17, 15) is 9.59 Å². The van der Waals surface area contributed by atoms with Crippen molar-refractivity contribution >= 4 is 11.9 Å². The lowest BCUT2D eigenvalue weighted by Gasteiger charge is -2.39. The number of carbonyl (C=O) groups excluding carboxylic acids is 2. The number of carbonyl (C=O) groups is 2. The van der Waals surface area contributed by atoms with E-state index >= 15 is 0 Å². The summed E-state index contributed by atoms with van der Waals surface area (Å²) in [6.07, 6.45) is 3.27. The molecule has 0 aliphatic carbocycles. The van der Waals surface area contributed by atoms with Crippen LogP contribution in [0.25, 0.3) is 0 Å². The summed E-state index contributed by atoms with van der Waals surface area (Å²) in [4.78, 5) is 27.1. The van der Waals surface area contributed by atoms with Gasteiger partial charge in [0.2, 0.25) is 5.91 Å². The second-order valence-electron chi connectivity index (χ2n) is 10.8. The van der Waals surface area contributed by atoms with Gasteiger partial charge in [-0.3, -0.25) is 4.79 Å². The molecule has 4 N–H and O–H groups in total. The van der Waals surface area contributed by atoms with Crippen LogP contribution in [0.3, 0.4) is 0 Å². The summed E-state index contributed by atoms with van der Waals surface area (Å²) in [6, 6.07) is 11.1. The summed E-state index contributed by atoms with van der Waals surface area (Å²) in [7, 11) is 0. The van der Waals surface area contributed by atoms with Gasteiger partial charge >= 0.3 is 6.03 Å². The molecule has 1 atom stereocenters. The molecule has 188 valence electrons. The van der Waals surface area contributed by atoms with Crippen molar-refractivity contribution in [3.8, 4) is 11.5 Å². The van der Waals surface area contributed by atoms with Gasteiger partial charge in [-0.25, -0.2) is 4.79 Å². The molecule has 0 radical (unpaired) electrons. The minimum atomic E-state index is -0.555. The minimum absolute atomic E-state index is 0.126. The zero-order valence-electron chi connectivity index (χ0n) is 21.5. The van der Waals surface area contributed by atoms with Gasteiger partial charge in [0.05, 0.1) is 5.54 Å². The Kier molecular flexibility index (Phi) is 6.82. The van der Waals surface area contributed by atoms with Crippen LogP contribution < -0.4 is 21.1 Å². The molecule has 3 heterocycles. The molecule has 0 aromatic heterocycles. The Balaban J connectivity index is 1.41. The molecule has 2 aromatic carbocycles. The highest BCUT2D eigenvalue weighted by Crippen LogP contribution is 2.35. The van der Waals surface area contributed by atoms with Crippen LogP contribution in [0.1, 0.15) is 67.1 Å². The third-order valence-electron chi connectivity index (χ3n) is 8.07. The Labute approximate surface area is 208 Å². The van der Waals surface area contributed by atoms with Gasteiger partial charge in [-0.1, -0.05) is 12.1 Å². The molecule has 2 aromatic rings. The van der Waals surface area contributed by atoms with Gasteiger partial charge < -0.3 is 26.0 Å². The molecule has 3 aliphatic heterocycles. The fourth-order valence-electron chi connectivity index (χ4n) is 5.44. The van der Waals surface area contributed by atoms with Gasteiger partial charge in [0.1, 0.15) is 11.5 Å². The number of fused-ring (bicyclic) bond motifs is 4. The average Bonchev–Trinajstić information content (AvgIpc) is 3.05. The molecule has 7 heteroatoms. The summed E-state index contributed by atoms with van der Waals surface area (Å²) in [5.41, 5.74) is 7.88. The molecular weight excluding hydrogens is 440 g/mol. The molecule has 1 unspecified atom stereocenters. The first kappa shape index (κ1) is 25.0. The van der Waals surface area contributed by atoms with Gasteiger partial charge in [0.25, 0.3) is 0 Å². The number of primary amides is 1. The lowest BCUT2D eigenvalue weighted by molar-refractivity contribution is 0.0999. The van der Waals surface area contributed by atoms with E-state index in [1.54, 1.807) is 12.1 Å².